The maximum absolute atomic E-state index is 12.0. The van der Waals surface area contributed by atoms with Crippen LogP contribution in [0.15, 0.2) is 28.8 Å². The molecule has 2 heterocycles. The Morgan fingerprint density at radius 1 is 1.50 bits per heavy atom. The maximum atomic E-state index is 12.0. The standard InChI is InChI=1S/C12H10ClN3O4/c1-7-2-3-8(20-7)6-15-12(17)9-4-5-14-11(13)10(9)16(18)19/h2-5H,6H2,1H3,(H,15,17). The number of nitro groups is 1. The Kier molecular flexibility index (Phi) is 3.99. The molecule has 1 amide bonds. The molecule has 2 aromatic rings. The minimum Gasteiger partial charge on any atom is -0.465 e. The molecule has 20 heavy (non-hydrogen) atoms. The molecule has 0 unspecified atom stereocenters. The highest BCUT2D eigenvalue weighted by atomic mass is 35.5. The van der Waals surface area contributed by atoms with Crippen LogP contribution in [-0.4, -0.2) is 15.8 Å². The van der Waals surface area contributed by atoms with Gasteiger partial charge in [-0.2, -0.15) is 0 Å². The number of amides is 1. The summed E-state index contributed by atoms with van der Waals surface area (Å²) in [6.45, 7) is 1.91. The Morgan fingerprint density at radius 3 is 2.85 bits per heavy atom. The fourth-order valence-electron chi connectivity index (χ4n) is 1.63. The lowest BCUT2D eigenvalue weighted by atomic mass is 10.2. The maximum Gasteiger partial charge on any atom is 0.319 e. The van der Waals surface area contributed by atoms with Gasteiger partial charge in [-0.15, -0.1) is 0 Å². The van der Waals surface area contributed by atoms with Gasteiger partial charge in [0.15, 0.2) is 0 Å². The number of halogens is 1. The van der Waals surface area contributed by atoms with Crippen molar-refractivity contribution in [1.29, 1.82) is 0 Å². The lowest BCUT2D eigenvalue weighted by molar-refractivity contribution is -0.385. The summed E-state index contributed by atoms with van der Waals surface area (Å²) in [5, 5.41) is 13.1. The second kappa shape index (κ2) is 5.70. The molecule has 0 aliphatic heterocycles. The van der Waals surface area contributed by atoms with Crippen LogP contribution in [0.1, 0.15) is 21.9 Å². The van der Waals surface area contributed by atoms with Gasteiger partial charge in [0.2, 0.25) is 5.15 Å². The highest BCUT2D eigenvalue weighted by Gasteiger charge is 2.24. The second-order valence-electron chi connectivity index (χ2n) is 3.95. The van der Waals surface area contributed by atoms with E-state index in [9.17, 15) is 14.9 Å². The van der Waals surface area contributed by atoms with Crippen LogP contribution in [0.3, 0.4) is 0 Å². The van der Waals surface area contributed by atoms with Crippen LogP contribution in [0.4, 0.5) is 5.69 Å². The van der Waals surface area contributed by atoms with E-state index in [0.29, 0.717) is 11.5 Å². The molecule has 0 aromatic carbocycles. The van der Waals surface area contributed by atoms with Gasteiger partial charge in [-0.1, -0.05) is 11.6 Å². The summed E-state index contributed by atoms with van der Waals surface area (Å²) in [5.74, 6) is 0.654. The highest BCUT2D eigenvalue weighted by Crippen LogP contribution is 2.25. The first-order valence-electron chi connectivity index (χ1n) is 5.61. The van der Waals surface area contributed by atoms with Gasteiger partial charge in [-0.3, -0.25) is 14.9 Å². The predicted molar refractivity (Wildman–Crippen MR) is 70.5 cm³/mol. The van der Waals surface area contributed by atoms with E-state index in [1.165, 1.54) is 12.3 Å². The molecular weight excluding hydrogens is 286 g/mol. The number of carbonyl (C=O) groups excluding carboxylic acids is 1. The third kappa shape index (κ3) is 2.94. The van der Waals surface area contributed by atoms with Crippen molar-refractivity contribution in [2.24, 2.45) is 0 Å². The molecule has 0 bridgehead atoms. The number of nitrogens with zero attached hydrogens (tertiary/aromatic N) is 2. The quantitative estimate of drug-likeness (QED) is 0.531. The van der Waals surface area contributed by atoms with Crippen LogP contribution in [0, 0.1) is 17.0 Å². The minimum atomic E-state index is -0.735. The van der Waals surface area contributed by atoms with Crippen molar-refractivity contribution in [3.05, 3.63) is 56.7 Å². The summed E-state index contributed by atoms with van der Waals surface area (Å²) in [4.78, 5) is 25.7. The molecular formula is C12H10ClN3O4. The summed E-state index contributed by atoms with van der Waals surface area (Å²) in [5.41, 5.74) is -0.652. The number of rotatable bonds is 4. The van der Waals surface area contributed by atoms with E-state index >= 15 is 0 Å². The van der Waals surface area contributed by atoms with Crippen molar-refractivity contribution < 1.29 is 14.1 Å². The van der Waals surface area contributed by atoms with E-state index in [0.717, 1.165) is 0 Å². The van der Waals surface area contributed by atoms with Crippen LogP contribution in [0.2, 0.25) is 5.15 Å². The fourth-order valence-corrected chi connectivity index (χ4v) is 1.86. The average Bonchev–Trinajstić information content (AvgIpc) is 2.81. The summed E-state index contributed by atoms with van der Waals surface area (Å²) >= 11 is 5.64. The van der Waals surface area contributed by atoms with Crippen molar-refractivity contribution in [3.8, 4) is 0 Å². The summed E-state index contributed by atoms with van der Waals surface area (Å²) in [6, 6.07) is 4.71. The van der Waals surface area contributed by atoms with Crippen molar-refractivity contribution in [1.82, 2.24) is 10.3 Å². The monoisotopic (exact) mass is 295 g/mol. The molecule has 0 atom stereocenters. The Hall–Kier alpha value is -2.41. The molecule has 2 rings (SSSR count). The van der Waals surface area contributed by atoms with Gasteiger partial charge >= 0.3 is 5.69 Å². The summed E-state index contributed by atoms with van der Waals surface area (Å²) in [6.07, 6.45) is 1.24. The third-order valence-corrected chi connectivity index (χ3v) is 2.80. The molecule has 0 aliphatic rings. The molecule has 0 aliphatic carbocycles. The van der Waals surface area contributed by atoms with Gasteiger partial charge in [0, 0.05) is 6.20 Å². The lowest BCUT2D eigenvalue weighted by Gasteiger charge is -2.04. The molecule has 0 radical (unpaired) electrons. The van der Waals surface area contributed by atoms with Crippen molar-refractivity contribution in [2.75, 3.05) is 0 Å². The average molecular weight is 296 g/mol. The normalized spacial score (nSPS) is 10.3. The zero-order valence-electron chi connectivity index (χ0n) is 10.4. The van der Waals surface area contributed by atoms with Crippen LogP contribution in [-0.2, 0) is 6.54 Å². The molecule has 104 valence electrons. The first-order chi connectivity index (χ1) is 9.49. The molecule has 7 nitrogen and oxygen atoms in total. The van der Waals surface area contributed by atoms with Crippen LogP contribution in [0.25, 0.3) is 0 Å². The number of hydrogen-bond acceptors (Lipinski definition) is 5. The van der Waals surface area contributed by atoms with Crippen molar-refractivity contribution in [2.45, 2.75) is 13.5 Å². The third-order valence-electron chi connectivity index (χ3n) is 2.53. The van der Waals surface area contributed by atoms with Crippen molar-refractivity contribution in [3.63, 3.8) is 0 Å². The summed E-state index contributed by atoms with van der Waals surface area (Å²) in [7, 11) is 0. The smallest absolute Gasteiger partial charge is 0.319 e. The minimum absolute atomic E-state index is 0.129. The van der Waals surface area contributed by atoms with Gasteiger partial charge < -0.3 is 9.73 Å². The second-order valence-corrected chi connectivity index (χ2v) is 4.31. The largest absolute Gasteiger partial charge is 0.465 e. The van der Waals surface area contributed by atoms with E-state index in [1.807, 2.05) is 0 Å². The Morgan fingerprint density at radius 2 is 2.25 bits per heavy atom. The number of furan rings is 1. The molecule has 0 spiro atoms. The van der Waals surface area contributed by atoms with Crippen LogP contribution >= 0.6 is 11.6 Å². The lowest BCUT2D eigenvalue weighted by Crippen LogP contribution is -2.23. The van der Waals surface area contributed by atoms with Gasteiger partial charge in [0.1, 0.15) is 17.1 Å². The fraction of sp³-hybridized carbons (Fsp3) is 0.167. The van der Waals surface area contributed by atoms with Crippen molar-refractivity contribution >= 4 is 23.2 Å². The van der Waals surface area contributed by atoms with Gasteiger partial charge in [-0.25, -0.2) is 4.98 Å². The van der Waals surface area contributed by atoms with Crippen LogP contribution < -0.4 is 5.32 Å². The van der Waals surface area contributed by atoms with Gasteiger partial charge in [0.25, 0.3) is 5.91 Å². The topological polar surface area (TPSA) is 98.3 Å². The van der Waals surface area contributed by atoms with Gasteiger partial charge in [-0.05, 0) is 25.1 Å². The number of pyridine rings is 1. The molecule has 0 saturated carbocycles. The SMILES string of the molecule is Cc1ccc(CNC(=O)c2ccnc(Cl)c2[N+](=O)[O-])o1. The summed E-state index contributed by atoms with van der Waals surface area (Å²) < 4.78 is 5.28. The van der Waals surface area contributed by atoms with E-state index in [2.05, 4.69) is 10.3 Å². The van der Waals surface area contributed by atoms with E-state index in [4.69, 9.17) is 16.0 Å². The molecule has 8 heteroatoms. The highest BCUT2D eigenvalue weighted by molar-refractivity contribution is 6.32. The molecule has 2 aromatic heterocycles. The van der Waals surface area contributed by atoms with Crippen LogP contribution in [0.5, 0.6) is 0 Å². The Balaban J connectivity index is 2.17. The Labute approximate surface area is 118 Å². The van der Waals surface area contributed by atoms with Gasteiger partial charge in [0.05, 0.1) is 11.5 Å². The first kappa shape index (κ1) is 14.0. The molecule has 0 fully saturated rings. The van der Waals surface area contributed by atoms with E-state index < -0.39 is 16.5 Å². The molecule has 0 saturated heterocycles. The number of hydrogen-bond donors (Lipinski definition) is 1. The molecule has 1 N–H and O–H groups in total. The zero-order valence-corrected chi connectivity index (χ0v) is 11.2. The predicted octanol–water partition coefficient (Wildman–Crippen LogP) is 2.47. The number of aryl methyl sites for hydroxylation is 1. The zero-order chi connectivity index (χ0) is 14.7. The number of carbonyl (C=O) groups is 1. The van der Waals surface area contributed by atoms with E-state index in [-0.39, 0.29) is 17.3 Å². The Bertz CT molecular complexity index is 668. The van der Waals surface area contributed by atoms with E-state index in [1.54, 1.807) is 19.1 Å². The first-order valence-corrected chi connectivity index (χ1v) is 5.99. The number of aromatic nitrogens is 1. The number of nitrogens with one attached hydrogen (secondary N) is 1.